The van der Waals surface area contributed by atoms with Crippen molar-refractivity contribution < 1.29 is 4.21 Å². The van der Waals surface area contributed by atoms with Crippen LogP contribution < -0.4 is 0 Å². The summed E-state index contributed by atoms with van der Waals surface area (Å²) in [5, 5.41) is 0. The van der Waals surface area contributed by atoms with Gasteiger partial charge < -0.3 is 13.9 Å². The van der Waals surface area contributed by atoms with E-state index in [1.165, 1.54) is 0 Å². The summed E-state index contributed by atoms with van der Waals surface area (Å²) in [6.07, 6.45) is 0. The molecule has 0 aromatic rings. The molecule has 1 unspecified atom stereocenters. The van der Waals surface area contributed by atoms with Crippen molar-refractivity contribution in [2.45, 2.75) is 31.6 Å². The fourth-order valence-electron chi connectivity index (χ4n) is 0.777. The lowest BCUT2D eigenvalue weighted by Gasteiger charge is -2.39. The van der Waals surface area contributed by atoms with Crippen molar-refractivity contribution in [1.29, 1.82) is 4.78 Å². The van der Waals surface area contributed by atoms with Crippen LogP contribution in [0.25, 0.3) is 0 Å². The van der Waals surface area contributed by atoms with Gasteiger partial charge in [-0.2, -0.15) is 10.6 Å². The van der Waals surface area contributed by atoms with Gasteiger partial charge in [-0.05, 0) is 20.1 Å². The number of nitrogens with zero attached hydrogens (tertiary/aromatic N) is 1. The van der Waals surface area contributed by atoms with Crippen LogP contribution in [0.3, 0.4) is 0 Å². The molecule has 0 aliphatic heterocycles. The quantitative estimate of drug-likeness (QED) is 0.663. The van der Waals surface area contributed by atoms with E-state index in [-0.39, 0.29) is 6.04 Å². The average Bonchev–Trinajstić information content (AvgIpc) is 1.85. The van der Waals surface area contributed by atoms with E-state index >= 15 is 0 Å². The van der Waals surface area contributed by atoms with Crippen molar-refractivity contribution in [2.24, 2.45) is 0 Å². The van der Waals surface area contributed by atoms with Gasteiger partial charge in [0.2, 0.25) is 0 Å². The highest BCUT2D eigenvalue weighted by atomic mass is 32.2. The van der Waals surface area contributed by atoms with Crippen LogP contribution in [0, 0.1) is 4.78 Å². The molecule has 0 aliphatic rings. The Morgan fingerprint density at radius 3 is 1.91 bits per heavy atom. The van der Waals surface area contributed by atoms with Crippen LogP contribution in [0.15, 0.2) is 0 Å². The first kappa shape index (κ1) is 10.9. The van der Waals surface area contributed by atoms with Gasteiger partial charge in [0, 0.05) is 0 Å². The summed E-state index contributed by atoms with van der Waals surface area (Å²) in [5.74, 6) is 0. The molecule has 0 aliphatic carbocycles. The molecule has 0 saturated heterocycles. The Labute approximate surface area is 70.8 Å². The second-order valence-corrected chi connectivity index (χ2v) is 5.10. The first-order valence-corrected chi connectivity index (χ1v) is 4.74. The Kier molecular flexibility index (Phi) is 3.51. The molecular formula is C7H17N2OS-. The molecule has 0 spiro atoms. The van der Waals surface area contributed by atoms with E-state index < -0.39 is 15.3 Å². The molecule has 68 valence electrons. The van der Waals surface area contributed by atoms with Crippen LogP contribution in [-0.4, -0.2) is 29.8 Å². The Hall–Kier alpha value is -0.0900. The molecule has 0 saturated carbocycles. The lowest BCUT2D eigenvalue weighted by atomic mass is 10.0. The van der Waals surface area contributed by atoms with E-state index in [4.69, 9.17) is 4.78 Å². The molecule has 4 heteroatoms. The van der Waals surface area contributed by atoms with Gasteiger partial charge in [0.25, 0.3) is 0 Å². The van der Waals surface area contributed by atoms with Gasteiger partial charge in [0.1, 0.15) is 0 Å². The Morgan fingerprint density at radius 1 is 1.45 bits per heavy atom. The summed E-state index contributed by atoms with van der Waals surface area (Å²) >= 11 is 0. The lowest BCUT2D eigenvalue weighted by molar-refractivity contribution is 0.267. The molecule has 0 heterocycles. The Balaban J connectivity index is 4.55. The van der Waals surface area contributed by atoms with Gasteiger partial charge in [0.05, 0.1) is 0 Å². The minimum atomic E-state index is -1.52. The van der Waals surface area contributed by atoms with E-state index in [1.54, 1.807) is 0 Å². The van der Waals surface area contributed by atoms with Gasteiger partial charge >= 0.3 is 0 Å². The van der Waals surface area contributed by atoms with Crippen LogP contribution in [0.5, 0.6) is 0 Å². The standard InChI is InChI=1S/C7H17N2OS/c1-6(9(4)5)7(2,3)11(8)10/h6,8H,1-5H3/q-1. The summed E-state index contributed by atoms with van der Waals surface area (Å²) in [6, 6.07) is 0.154. The zero-order chi connectivity index (χ0) is 9.23. The maximum atomic E-state index is 11.0. The third-order valence-electron chi connectivity index (χ3n) is 2.26. The van der Waals surface area contributed by atoms with E-state index in [0.29, 0.717) is 0 Å². The van der Waals surface area contributed by atoms with Crippen molar-refractivity contribution in [1.82, 2.24) is 4.90 Å². The summed E-state index contributed by atoms with van der Waals surface area (Å²) in [7, 11) is 2.34. The van der Waals surface area contributed by atoms with Crippen molar-refractivity contribution >= 4 is 10.6 Å². The topological polar surface area (TPSA) is 44.2 Å². The predicted octanol–water partition coefficient (Wildman–Crippen LogP) is 1.44. The fourth-order valence-corrected chi connectivity index (χ4v) is 1.30. The molecule has 1 N–H and O–H groups in total. The van der Waals surface area contributed by atoms with Crippen LogP contribution in [0.1, 0.15) is 20.8 Å². The Morgan fingerprint density at radius 2 is 1.82 bits per heavy atom. The molecule has 1 atom stereocenters. The Bertz CT molecular complexity index is 189. The summed E-state index contributed by atoms with van der Waals surface area (Å²) < 4.78 is 17.7. The normalized spacial score (nSPS) is 15.9. The van der Waals surface area contributed by atoms with Gasteiger partial charge in [-0.3, -0.25) is 0 Å². The molecule has 0 aromatic heterocycles. The number of nitrogens with one attached hydrogen (secondary N) is 1. The molecule has 0 aromatic carbocycles. The highest BCUT2D eigenvalue weighted by Gasteiger charge is 2.21. The molecule has 0 amide bonds. The monoisotopic (exact) mass is 177 g/mol. The minimum Gasteiger partial charge on any atom is -0.444 e. The molecule has 0 rings (SSSR count). The molecular weight excluding hydrogens is 160 g/mol. The van der Waals surface area contributed by atoms with Gasteiger partial charge in [-0.15, -0.1) is 0 Å². The summed E-state index contributed by atoms with van der Waals surface area (Å²) in [4.78, 5) is 1.98. The molecule has 3 nitrogen and oxygen atoms in total. The fraction of sp³-hybridized carbons (Fsp3) is 1.00. The van der Waals surface area contributed by atoms with E-state index in [9.17, 15) is 4.21 Å². The average molecular weight is 177 g/mol. The van der Waals surface area contributed by atoms with Crippen LogP contribution >= 0.6 is 0 Å². The van der Waals surface area contributed by atoms with Crippen molar-refractivity contribution in [3.05, 3.63) is 0 Å². The molecule has 0 fully saturated rings. The second-order valence-electron chi connectivity index (χ2n) is 3.51. The van der Waals surface area contributed by atoms with Crippen molar-refractivity contribution in [3.8, 4) is 0 Å². The highest BCUT2D eigenvalue weighted by molar-refractivity contribution is 7.75. The third kappa shape index (κ3) is 2.45. The van der Waals surface area contributed by atoms with E-state index in [2.05, 4.69) is 0 Å². The van der Waals surface area contributed by atoms with Crippen molar-refractivity contribution in [3.63, 3.8) is 0 Å². The van der Waals surface area contributed by atoms with Gasteiger partial charge in [-0.1, -0.05) is 25.5 Å². The zero-order valence-corrected chi connectivity index (χ0v) is 8.66. The van der Waals surface area contributed by atoms with Crippen LogP contribution in [0.4, 0.5) is 0 Å². The highest BCUT2D eigenvalue weighted by Crippen LogP contribution is 2.17. The second kappa shape index (κ2) is 3.54. The number of hydrogen-bond acceptors (Lipinski definition) is 4. The first-order chi connectivity index (χ1) is 4.80. The van der Waals surface area contributed by atoms with E-state index in [0.717, 1.165) is 0 Å². The summed E-state index contributed by atoms with van der Waals surface area (Å²) in [5.41, 5.74) is 0. The first-order valence-electron chi connectivity index (χ1n) is 3.59. The van der Waals surface area contributed by atoms with Crippen molar-refractivity contribution in [2.75, 3.05) is 14.1 Å². The third-order valence-corrected chi connectivity index (χ3v) is 3.56. The molecule has 0 radical (unpaired) electrons. The maximum absolute atomic E-state index is 11.0. The molecule has 11 heavy (non-hydrogen) atoms. The summed E-state index contributed by atoms with van der Waals surface area (Å²) in [6.45, 7) is 5.67. The smallest absolute Gasteiger partial charge is 0.00400 e. The predicted molar refractivity (Wildman–Crippen MR) is 48.0 cm³/mol. The van der Waals surface area contributed by atoms with Gasteiger partial charge in [-0.25, -0.2) is 0 Å². The molecule has 0 bridgehead atoms. The largest absolute Gasteiger partial charge is 0.444 e. The number of rotatable bonds is 3. The zero-order valence-electron chi connectivity index (χ0n) is 7.84. The SMILES string of the molecule is CC(N(C)C)C(C)(C)[S-](=N)=O. The van der Waals surface area contributed by atoms with E-state index in [1.807, 2.05) is 39.8 Å². The minimum absolute atomic E-state index is 0.154. The maximum Gasteiger partial charge on any atom is -0.00400 e. The lowest BCUT2D eigenvalue weighted by Crippen LogP contribution is -2.44. The van der Waals surface area contributed by atoms with Crippen LogP contribution in [-0.2, 0) is 14.8 Å². The van der Waals surface area contributed by atoms with Crippen LogP contribution in [0.2, 0.25) is 0 Å². The number of hydrogen-bond donors (Lipinski definition) is 1. The van der Waals surface area contributed by atoms with Gasteiger partial charge in [0.15, 0.2) is 0 Å².